The minimum absolute atomic E-state index is 0.206. The molecule has 0 radical (unpaired) electrons. The number of anilines is 1. The van der Waals surface area contributed by atoms with Crippen LogP contribution in [0.1, 0.15) is 31.7 Å². The summed E-state index contributed by atoms with van der Waals surface area (Å²) in [6, 6.07) is 0.385. The van der Waals surface area contributed by atoms with Crippen molar-refractivity contribution in [3.05, 3.63) is 5.89 Å². The predicted molar refractivity (Wildman–Crippen MR) is 63.7 cm³/mol. The summed E-state index contributed by atoms with van der Waals surface area (Å²) in [5.74, 6) is 1.14. The van der Waals surface area contributed by atoms with Gasteiger partial charge in [0.15, 0.2) is 0 Å². The molecule has 1 aromatic rings. The fourth-order valence-electron chi connectivity index (χ4n) is 2.06. The molecular formula is C11H20N4O2. The minimum Gasteiger partial charge on any atom is -0.406 e. The van der Waals surface area contributed by atoms with Crippen LogP contribution in [0.5, 0.6) is 0 Å². The van der Waals surface area contributed by atoms with Crippen molar-refractivity contribution in [2.75, 3.05) is 31.7 Å². The molecule has 0 bridgehead atoms. The normalized spacial score (nSPS) is 19.6. The van der Waals surface area contributed by atoms with Crippen LogP contribution in [-0.2, 0) is 4.74 Å². The molecule has 6 heteroatoms. The lowest BCUT2D eigenvalue weighted by Crippen LogP contribution is -2.35. The smallest absolute Gasteiger partial charge is 0.318 e. The number of piperidine rings is 1. The Morgan fingerprint density at radius 3 is 2.71 bits per heavy atom. The Morgan fingerprint density at radius 2 is 2.18 bits per heavy atom. The largest absolute Gasteiger partial charge is 0.406 e. The number of ether oxygens (including phenoxy) is 1. The van der Waals surface area contributed by atoms with Crippen molar-refractivity contribution in [1.29, 1.82) is 0 Å². The molecule has 6 nitrogen and oxygen atoms in total. The van der Waals surface area contributed by atoms with Gasteiger partial charge in [-0.05, 0) is 25.7 Å². The van der Waals surface area contributed by atoms with Crippen LogP contribution in [0, 0.1) is 5.92 Å². The second kappa shape index (κ2) is 5.46. The Morgan fingerprint density at radius 1 is 1.47 bits per heavy atom. The van der Waals surface area contributed by atoms with Crippen LogP contribution in [-0.4, -0.2) is 37.0 Å². The van der Waals surface area contributed by atoms with Crippen molar-refractivity contribution in [2.24, 2.45) is 11.7 Å². The summed E-state index contributed by atoms with van der Waals surface area (Å²) in [6.45, 7) is 4.55. The molecule has 96 valence electrons. The third-order valence-electron chi connectivity index (χ3n) is 3.11. The van der Waals surface area contributed by atoms with Crippen molar-refractivity contribution in [1.82, 2.24) is 10.2 Å². The van der Waals surface area contributed by atoms with Crippen LogP contribution in [0.25, 0.3) is 0 Å². The van der Waals surface area contributed by atoms with E-state index >= 15 is 0 Å². The fourth-order valence-corrected chi connectivity index (χ4v) is 2.06. The van der Waals surface area contributed by atoms with E-state index in [-0.39, 0.29) is 6.04 Å². The van der Waals surface area contributed by atoms with Gasteiger partial charge in [0, 0.05) is 26.8 Å². The number of aromatic nitrogens is 2. The fraction of sp³-hybridized carbons (Fsp3) is 0.818. The molecular weight excluding hydrogens is 220 g/mol. The third kappa shape index (κ3) is 2.95. The lowest BCUT2D eigenvalue weighted by atomic mass is 9.98. The van der Waals surface area contributed by atoms with Gasteiger partial charge >= 0.3 is 6.01 Å². The molecule has 1 aromatic heterocycles. The van der Waals surface area contributed by atoms with Gasteiger partial charge in [0.2, 0.25) is 5.89 Å². The van der Waals surface area contributed by atoms with Gasteiger partial charge in [-0.3, -0.25) is 0 Å². The number of nitrogens with zero attached hydrogens (tertiary/aromatic N) is 3. The van der Waals surface area contributed by atoms with Crippen LogP contribution in [0.3, 0.4) is 0 Å². The molecule has 2 heterocycles. The summed E-state index contributed by atoms with van der Waals surface area (Å²) >= 11 is 0. The van der Waals surface area contributed by atoms with E-state index in [1.807, 2.05) is 6.92 Å². The molecule has 0 saturated carbocycles. The van der Waals surface area contributed by atoms with E-state index in [0.717, 1.165) is 32.5 Å². The summed E-state index contributed by atoms with van der Waals surface area (Å²) in [5.41, 5.74) is 5.69. The number of hydrogen-bond donors (Lipinski definition) is 1. The summed E-state index contributed by atoms with van der Waals surface area (Å²) in [5, 5.41) is 7.97. The van der Waals surface area contributed by atoms with E-state index in [1.54, 1.807) is 7.11 Å². The molecule has 1 fully saturated rings. The van der Waals surface area contributed by atoms with Crippen LogP contribution in [0.2, 0.25) is 0 Å². The van der Waals surface area contributed by atoms with Gasteiger partial charge in [0.1, 0.15) is 0 Å². The van der Waals surface area contributed by atoms with Crippen LogP contribution in [0.15, 0.2) is 4.42 Å². The quantitative estimate of drug-likeness (QED) is 0.844. The molecule has 2 N–H and O–H groups in total. The zero-order chi connectivity index (χ0) is 12.3. The van der Waals surface area contributed by atoms with E-state index in [0.29, 0.717) is 17.8 Å². The van der Waals surface area contributed by atoms with Gasteiger partial charge in [-0.15, -0.1) is 5.10 Å². The molecule has 1 aliphatic rings. The second-order valence-corrected chi connectivity index (χ2v) is 4.60. The average Bonchev–Trinajstić information content (AvgIpc) is 2.80. The zero-order valence-corrected chi connectivity index (χ0v) is 10.4. The second-order valence-electron chi connectivity index (χ2n) is 4.60. The van der Waals surface area contributed by atoms with Crippen molar-refractivity contribution in [3.8, 4) is 0 Å². The first-order chi connectivity index (χ1) is 8.20. The van der Waals surface area contributed by atoms with Gasteiger partial charge in [-0.2, -0.15) is 0 Å². The Balaban J connectivity index is 1.91. The first-order valence-electron chi connectivity index (χ1n) is 6.03. The molecule has 1 aliphatic heterocycles. The van der Waals surface area contributed by atoms with Crippen molar-refractivity contribution >= 4 is 6.01 Å². The van der Waals surface area contributed by atoms with E-state index in [9.17, 15) is 0 Å². The third-order valence-corrected chi connectivity index (χ3v) is 3.11. The maximum absolute atomic E-state index is 5.69. The number of hydrogen-bond acceptors (Lipinski definition) is 6. The summed E-state index contributed by atoms with van der Waals surface area (Å²) in [6.07, 6.45) is 2.20. The van der Waals surface area contributed by atoms with Crippen LogP contribution >= 0.6 is 0 Å². The molecule has 1 unspecified atom stereocenters. The Hall–Kier alpha value is -1.14. The predicted octanol–water partition coefficient (Wildman–Crippen LogP) is 0.952. The Labute approximate surface area is 101 Å². The molecule has 0 amide bonds. The first-order valence-corrected chi connectivity index (χ1v) is 6.03. The highest BCUT2D eigenvalue weighted by atomic mass is 16.5. The lowest BCUT2D eigenvalue weighted by Gasteiger charge is -2.30. The molecule has 0 aromatic carbocycles. The number of nitrogens with two attached hydrogens (primary N) is 1. The highest BCUT2D eigenvalue weighted by Crippen LogP contribution is 2.23. The Kier molecular flexibility index (Phi) is 3.96. The molecule has 17 heavy (non-hydrogen) atoms. The van der Waals surface area contributed by atoms with Crippen molar-refractivity contribution < 1.29 is 9.15 Å². The monoisotopic (exact) mass is 240 g/mol. The number of rotatable bonds is 4. The maximum Gasteiger partial charge on any atom is 0.318 e. The minimum atomic E-state index is -0.206. The summed E-state index contributed by atoms with van der Waals surface area (Å²) < 4.78 is 10.7. The van der Waals surface area contributed by atoms with Gasteiger partial charge in [-0.1, -0.05) is 5.10 Å². The molecule has 1 saturated heterocycles. The van der Waals surface area contributed by atoms with E-state index in [2.05, 4.69) is 15.1 Å². The SMILES string of the molecule is COCC1CCN(c2nnc(C(C)N)o2)CC1. The maximum atomic E-state index is 5.69. The summed E-state index contributed by atoms with van der Waals surface area (Å²) in [4.78, 5) is 2.12. The van der Waals surface area contributed by atoms with Crippen molar-refractivity contribution in [2.45, 2.75) is 25.8 Å². The topological polar surface area (TPSA) is 77.4 Å². The standard InChI is InChI=1S/C11H20N4O2/c1-8(12)10-13-14-11(17-10)15-5-3-9(4-6-15)7-16-2/h8-9H,3-7,12H2,1-2H3. The number of methoxy groups -OCH3 is 1. The van der Waals surface area contributed by atoms with Gasteiger partial charge in [0.05, 0.1) is 6.04 Å². The lowest BCUT2D eigenvalue weighted by molar-refractivity contribution is 0.138. The van der Waals surface area contributed by atoms with Crippen LogP contribution < -0.4 is 10.6 Å². The van der Waals surface area contributed by atoms with Gasteiger partial charge in [0.25, 0.3) is 0 Å². The van der Waals surface area contributed by atoms with Gasteiger partial charge in [-0.25, -0.2) is 0 Å². The van der Waals surface area contributed by atoms with E-state index in [4.69, 9.17) is 14.9 Å². The highest BCUT2D eigenvalue weighted by molar-refractivity contribution is 5.25. The molecule has 1 atom stereocenters. The average molecular weight is 240 g/mol. The zero-order valence-electron chi connectivity index (χ0n) is 10.4. The molecule has 2 rings (SSSR count). The molecule has 0 aliphatic carbocycles. The highest BCUT2D eigenvalue weighted by Gasteiger charge is 2.23. The van der Waals surface area contributed by atoms with Gasteiger partial charge < -0.3 is 19.8 Å². The van der Waals surface area contributed by atoms with E-state index in [1.165, 1.54) is 0 Å². The Bertz CT molecular complexity index is 345. The summed E-state index contributed by atoms with van der Waals surface area (Å²) in [7, 11) is 1.75. The van der Waals surface area contributed by atoms with E-state index < -0.39 is 0 Å². The molecule has 0 spiro atoms. The van der Waals surface area contributed by atoms with Crippen LogP contribution in [0.4, 0.5) is 6.01 Å². The first kappa shape index (κ1) is 12.3. The van der Waals surface area contributed by atoms with Crippen molar-refractivity contribution in [3.63, 3.8) is 0 Å².